The molecule has 2 aromatic rings. The molecule has 2 aliphatic heterocycles. The van der Waals surface area contributed by atoms with Crippen LogP contribution < -0.4 is 0 Å². The fourth-order valence-electron chi connectivity index (χ4n) is 5.25. The molecule has 3 heterocycles. The van der Waals surface area contributed by atoms with Crippen LogP contribution in [0.4, 0.5) is 13.2 Å². The fraction of sp³-hybridized carbons (Fsp3) is 0.583. The lowest BCUT2D eigenvalue weighted by atomic mass is 10.0. The highest BCUT2D eigenvalue weighted by atomic mass is 19.4. The molecular weight excluding hydrogens is 417 g/mol. The standard InChI is InChI=1S/C24H29F3N4O/c1-16-21(23(32)30-13-9-19(10-14-30)29-11-2-3-12-29)22(17-7-8-17)31(28-16)20-6-4-5-18(15-20)24(25,26)27/h4-6,15,17,19H,2-3,7-14H2,1H3. The fourth-order valence-corrected chi connectivity index (χ4v) is 5.25. The van der Waals surface area contributed by atoms with Gasteiger partial charge in [-0.2, -0.15) is 18.3 Å². The maximum Gasteiger partial charge on any atom is 0.416 e. The smallest absolute Gasteiger partial charge is 0.338 e. The molecule has 1 aromatic heterocycles. The third kappa shape index (κ3) is 4.05. The van der Waals surface area contributed by atoms with Crippen LogP contribution in [0.25, 0.3) is 5.69 Å². The summed E-state index contributed by atoms with van der Waals surface area (Å²) in [5, 5.41) is 4.55. The molecule has 5 nitrogen and oxygen atoms in total. The summed E-state index contributed by atoms with van der Waals surface area (Å²) in [7, 11) is 0. The molecule has 3 aliphatic rings. The van der Waals surface area contributed by atoms with E-state index in [2.05, 4.69) is 10.00 Å². The molecule has 5 rings (SSSR count). The van der Waals surface area contributed by atoms with E-state index in [0.29, 0.717) is 23.0 Å². The maximum absolute atomic E-state index is 13.6. The van der Waals surface area contributed by atoms with E-state index in [0.717, 1.165) is 69.7 Å². The van der Waals surface area contributed by atoms with E-state index >= 15 is 0 Å². The SMILES string of the molecule is Cc1nn(-c2cccc(C(F)(F)F)c2)c(C2CC2)c1C(=O)N1CCC(N2CCCC2)CC1. The molecule has 0 unspecified atom stereocenters. The summed E-state index contributed by atoms with van der Waals surface area (Å²) < 4.78 is 41.4. The van der Waals surface area contributed by atoms with Crippen LogP contribution in [0.2, 0.25) is 0 Å². The van der Waals surface area contributed by atoms with Gasteiger partial charge in [-0.05, 0) is 76.7 Å². The second-order valence-electron chi connectivity index (χ2n) is 9.35. The molecule has 1 saturated carbocycles. The van der Waals surface area contributed by atoms with Crippen LogP contribution in [-0.2, 0) is 6.18 Å². The molecule has 2 saturated heterocycles. The topological polar surface area (TPSA) is 41.4 Å². The average Bonchev–Trinajstić information content (AvgIpc) is 3.34. The lowest BCUT2D eigenvalue weighted by Crippen LogP contribution is -2.46. The minimum Gasteiger partial charge on any atom is -0.338 e. The van der Waals surface area contributed by atoms with Crippen molar-refractivity contribution in [1.29, 1.82) is 0 Å². The summed E-state index contributed by atoms with van der Waals surface area (Å²) >= 11 is 0. The van der Waals surface area contributed by atoms with Crippen molar-refractivity contribution in [3.63, 3.8) is 0 Å². The molecule has 0 bridgehead atoms. The number of nitrogens with zero attached hydrogens (tertiary/aromatic N) is 4. The predicted octanol–water partition coefficient (Wildman–Crippen LogP) is 4.78. The molecule has 1 aliphatic carbocycles. The number of aryl methyl sites for hydroxylation is 1. The van der Waals surface area contributed by atoms with Crippen LogP contribution in [-0.4, -0.2) is 57.7 Å². The van der Waals surface area contributed by atoms with E-state index < -0.39 is 11.7 Å². The number of hydrogen-bond acceptors (Lipinski definition) is 3. The quantitative estimate of drug-likeness (QED) is 0.679. The van der Waals surface area contributed by atoms with Crippen LogP contribution in [0.15, 0.2) is 24.3 Å². The summed E-state index contributed by atoms with van der Waals surface area (Å²) in [5.74, 6) is 0.148. The van der Waals surface area contributed by atoms with E-state index in [1.807, 2.05) is 4.90 Å². The lowest BCUT2D eigenvalue weighted by Gasteiger charge is -2.36. The van der Waals surface area contributed by atoms with Crippen LogP contribution >= 0.6 is 0 Å². The zero-order valence-electron chi connectivity index (χ0n) is 18.4. The van der Waals surface area contributed by atoms with E-state index in [-0.39, 0.29) is 11.8 Å². The van der Waals surface area contributed by atoms with Gasteiger partial charge >= 0.3 is 6.18 Å². The average molecular weight is 447 g/mol. The Morgan fingerprint density at radius 2 is 1.72 bits per heavy atom. The molecule has 8 heteroatoms. The van der Waals surface area contributed by atoms with Crippen LogP contribution in [0.5, 0.6) is 0 Å². The predicted molar refractivity (Wildman–Crippen MR) is 115 cm³/mol. The van der Waals surface area contributed by atoms with Gasteiger partial charge in [-0.15, -0.1) is 0 Å². The number of alkyl halides is 3. The van der Waals surface area contributed by atoms with Gasteiger partial charge in [0.1, 0.15) is 0 Å². The van der Waals surface area contributed by atoms with Gasteiger partial charge in [-0.3, -0.25) is 4.79 Å². The Bertz CT molecular complexity index is 997. The number of carbonyl (C=O) groups is 1. The minimum absolute atomic E-state index is 0.0255. The monoisotopic (exact) mass is 446 g/mol. The number of hydrogen-bond donors (Lipinski definition) is 0. The third-order valence-electron chi connectivity index (χ3n) is 7.10. The normalized spacial score (nSPS) is 20.8. The van der Waals surface area contributed by atoms with Gasteiger partial charge in [-0.1, -0.05) is 6.07 Å². The molecule has 172 valence electrons. The zero-order chi connectivity index (χ0) is 22.5. The number of piperidine rings is 1. The first-order valence-corrected chi connectivity index (χ1v) is 11.6. The highest BCUT2D eigenvalue weighted by Crippen LogP contribution is 2.44. The first-order chi connectivity index (χ1) is 15.3. The van der Waals surface area contributed by atoms with E-state index in [1.165, 1.54) is 18.9 Å². The number of benzene rings is 1. The highest BCUT2D eigenvalue weighted by molar-refractivity contribution is 5.97. The summed E-state index contributed by atoms with van der Waals surface area (Å²) in [6, 6.07) is 5.76. The summed E-state index contributed by atoms with van der Waals surface area (Å²) in [6.45, 7) is 5.55. The van der Waals surface area contributed by atoms with Gasteiger partial charge in [0, 0.05) is 25.0 Å². The van der Waals surface area contributed by atoms with Crippen molar-refractivity contribution >= 4 is 5.91 Å². The largest absolute Gasteiger partial charge is 0.416 e. The molecule has 3 fully saturated rings. The second-order valence-corrected chi connectivity index (χ2v) is 9.35. The Morgan fingerprint density at radius 1 is 1.03 bits per heavy atom. The van der Waals surface area contributed by atoms with E-state index in [4.69, 9.17) is 0 Å². The van der Waals surface area contributed by atoms with Gasteiger partial charge in [-0.25, -0.2) is 4.68 Å². The van der Waals surface area contributed by atoms with Crippen molar-refractivity contribution in [2.45, 2.75) is 63.6 Å². The number of rotatable bonds is 4. The Labute approximate surface area is 186 Å². The lowest BCUT2D eigenvalue weighted by molar-refractivity contribution is -0.137. The number of aromatic nitrogens is 2. The molecule has 0 spiro atoms. The van der Waals surface area contributed by atoms with Crippen molar-refractivity contribution < 1.29 is 18.0 Å². The third-order valence-corrected chi connectivity index (χ3v) is 7.10. The first kappa shape index (κ1) is 21.5. The minimum atomic E-state index is -4.42. The molecule has 0 radical (unpaired) electrons. The molecule has 0 N–H and O–H groups in total. The van der Waals surface area contributed by atoms with Crippen LogP contribution in [0.1, 0.15) is 71.8 Å². The van der Waals surface area contributed by atoms with Gasteiger partial charge in [0.05, 0.1) is 28.2 Å². The number of halogens is 3. The summed E-state index contributed by atoms with van der Waals surface area (Å²) in [5.41, 5.74) is 1.60. The van der Waals surface area contributed by atoms with Crippen molar-refractivity contribution in [3.05, 3.63) is 46.8 Å². The molecule has 1 aromatic carbocycles. The van der Waals surface area contributed by atoms with Crippen molar-refractivity contribution in [1.82, 2.24) is 19.6 Å². The van der Waals surface area contributed by atoms with E-state index in [9.17, 15) is 18.0 Å². The Balaban J connectivity index is 1.42. The highest BCUT2D eigenvalue weighted by Gasteiger charge is 2.38. The van der Waals surface area contributed by atoms with Crippen LogP contribution in [0, 0.1) is 6.92 Å². The summed E-state index contributed by atoms with van der Waals surface area (Å²) in [4.78, 5) is 18.0. The summed E-state index contributed by atoms with van der Waals surface area (Å²) in [6.07, 6.45) is 1.92. The second kappa shape index (κ2) is 8.21. The van der Waals surface area contributed by atoms with Gasteiger partial charge in [0.2, 0.25) is 0 Å². The van der Waals surface area contributed by atoms with Gasteiger partial charge < -0.3 is 9.80 Å². The van der Waals surface area contributed by atoms with E-state index in [1.54, 1.807) is 17.7 Å². The molecule has 32 heavy (non-hydrogen) atoms. The zero-order valence-corrected chi connectivity index (χ0v) is 18.4. The van der Waals surface area contributed by atoms with Gasteiger partial charge in [0.25, 0.3) is 5.91 Å². The van der Waals surface area contributed by atoms with Crippen LogP contribution in [0.3, 0.4) is 0 Å². The molecule has 0 atom stereocenters. The number of likely N-dealkylation sites (tertiary alicyclic amines) is 2. The Morgan fingerprint density at radius 3 is 2.34 bits per heavy atom. The van der Waals surface area contributed by atoms with Crippen molar-refractivity contribution in [2.75, 3.05) is 26.2 Å². The number of amides is 1. The Hall–Kier alpha value is -2.35. The Kier molecular flexibility index (Phi) is 5.51. The number of carbonyl (C=O) groups excluding carboxylic acids is 1. The maximum atomic E-state index is 13.6. The van der Waals surface area contributed by atoms with Gasteiger partial charge in [0.15, 0.2) is 0 Å². The molecule has 1 amide bonds. The first-order valence-electron chi connectivity index (χ1n) is 11.6. The molecular formula is C24H29F3N4O. The van der Waals surface area contributed by atoms with Crippen molar-refractivity contribution in [3.8, 4) is 5.69 Å². The van der Waals surface area contributed by atoms with Crippen molar-refractivity contribution in [2.24, 2.45) is 0 Å².